The fourth-order valence-corrected chi connectivity index (χ4v) is 7.40. The van der Waals surface area contributed by atoms with Gasteiger partial charge in [0.1, 0.15) is 14.7 Å². The van der Waals surface area contributed by atoms with E-state index in [9.17, 15) is 9.59 Å². The first-order valence-electron chi connectivity index (χ1n) is 11.5. The zero-order valence-corrected chi connectivity index (χ0v) is 20.4. The minimum absolute atomic E-state index is 0.332. The zero-order chi connectivity index (χ0) is 23.6. The molecule has 0 fully saturated rings. The zero-order valence-electron chi connectivity index (χ0n) is 18.7. The molecule has 4 aromatic rings. The van der Waals surface area contributed by atoms with E-state index in [2.05, 4.69) is 24.4 Å². The van der Waals surface area contributed by atoms with E-state index in [1.54, 1.807) is 0 Å². The van der Waals surface area contributed by atoms with E-state index in [0.29, 0.717) is 27.0 Å². The van der Waals surface area contributed by atoms with Gasteiger partial charge >= 0.3 is 0 Å². The van der Waals surface area contributed by atoms with E-state index in [0.717, 1.165) is 64.0 Å². The molecular weight excluding hydrogens is 464 g/mol. The SMILES string of the molecule is CC1CCc2nc3sc(C(=O)Nc4sc5c(c4C(N)=O)-c4ccccc4CC5)c(N)c3cc2C1. The first-order chi connectivity index (χ1) is 16.4. The Morgan fingerprint density at radius 3 is 2.76 bits per heavy atom. The van der Waals surface area contributed by atoms with E-state index in [-0.39, 0.29) is 5.91 Å². The number of rotatable bonds is 3. The van der Waals surface area contributed by atoms with Crippen molar-refractivity contribution in [2.45, 2.75) is 39.0 Å². The first kappa shape index (κ1) is 21.3. The average molecular weight is 489 g/mol. The number of amides is 2. The molecule has 8 heteroatoms. The van der Waals surface area contributed by atoms with Crippen LogP contribution >= 0.6 is 22.7 Å². The second-order valence-electron chi connectivity index (χ2n) is 9.22. The number of carbonyl (C=O) groups excluding carboxylic acids is 2. The van der Waals surface area contributed by atoms with Crippen LogP contribution in [0.4, 0.5) is 10.7 Å². The van der Waals surface area contributed by atoms with Gasteiger partial charge in [-0.25, -0.2) is 4.98 Å². The minimum atomic E-state index is -0.544. The molecule has 3 aromatic heterocycles. The molecule has 6 nitrogen and oxygen atoms in total. The molecule has 2 aliphatic rings. The van der Waals surface area contributed by atoms with Gasteiger partial charge in [0.2, 0.25) is 0 Å². The number of carbonyl (C=O) groups is 2. The van der Waals surface area contributed by atoms with Crippen LogP contribution < -0.4 is 16.8 Å². The summed E-state index contributed by atoms with van der Waals surface area (Å²) >= 11 is 2.73. The standard InChI is InChI=1S/C26H24N4O2S2/c1-12-6-8-17-14(10-12)11-16-21(27)22(34-25(16)29-17)24(32)30-26-20(23(28)31)19-15-5-3-2-4-13(15)7-9-18(19)33-26/h2-5,11-12H,6-10,27H2,1H3,(H2,28,31)(H,30,32). The molecule has 1 aromatic carbocycles. The smallest absolute Gasteiger partial charge is 0.268 e. The first-order valence-corrected chi connectivity index (χ1v) is 13.1. The van der Waals surface area contributed by atoms with E-state index >= 15 is 0 Å². The molecular formula is C26H24N4O2S2. The lowest BCUT2D eigenvalue weighted by Crippen LogP contribution is -2.18. The predicted octanol–water partition coefficient (Wildman–Crippen LogP) is 5.18. The monoisotopic (exact) mass is 488 g/mol. The summed E-state index contributed by atoms with van der Waals surface area (Å²) < 4.78 is 0. The van der Waals surface area contributed by atoms with Crippen molar-refractivity contribution in [1.82, 2.24) is 4.98 Å². The maximum atomic E-state index is 13.4. The Hall–Kier alpha value is -3.23. The lowest BCUT2D eigenvalue weighted by molar-refractivity contribution is 0.100. The highest BCUT2D eigenvalue weighted by molar-refractivity contribution is 7.21. The van der Waals surface area contributed by atoms with Crippen LogP contribution in [0.5, 0.6) is 0 Å². The number of thiophene rings is 2. The summed E-state index contributed by atoms with van der Waals surface area (Å²) in [6.45, 7) is 2.25. The second-order valence-corrected chi connectivity index (χ2v) is 11.3. The number of nitrogens with zero attached hydrogens (tertiary/aromatic N) is 1. The van der Waals surface area contributed by atoms with Gasteiger partial charge in [0.25, 0.3) is 11.8 Å². The molecule has 0 bridgehead atoms. The summed E-state index contributed by atoms with van der Waals surface area (Å²) in [7, 11) is 0. The van der Waals surface area contributed by atoms with Gasteiger partial charge in [0, 0.05) is 21.5 Å². The van der Waals surface area contributed by atoms with Gasteiger partial charge in [0.05, 0.1) is 11.3 Å². The van der Waals surface area contributed by atoms with Crippen LogP contribution in [0.3, 0.4) is 0 Å². The normalized spacial score (nSPS) is 16.6. The van der Waals surface area contributed by atoms with E-state index in [4.69, 9.17) is 16.5 Å². The molecule has 34 heavy (non-hydrogen) atoms. The third kappa shape index (κ3) is 3.32. The minimum Gasteiger partial charge on any atom is -0.397 e. The number of nitrogens with two attached hydrogens (primary N) is 2. The topological polar surface area (TPSA) is 111 Å². The molecule has 6 rings (SSSR count). The number of benzene rings is 1. The molecule has 1 unspecified atom stereocenters. The van der Waals surface area contributed by atoms with Crippen molar-refractivity contribution in [1.29, 1.82) is 0 Å². The summed E-state index contributed by atoms with van der Waals surface area (Å²) in [6, 6.07) is 10.1. The molecule has 0 radical (unpaired) electrons. The maximum Gasteiger partial charge on any atom is 0.268 e. The van der Waals surface area contributed by atoms with Gasteiger partial charge in [-0.05, 0) is 60.8 Å². The molecule has 0 saturated carbocycles. The Morgan fingerprint density at radius 2 is 1.94 bits per heavy atom. The number of aromatic nitrogens is 1. The van der Waals surface area contributed by atoms with Crippen LogP contribution in [0, 0.1) is 5.92 Å². The Labute approximate surface area is 205 Å². The number of hydrogen-bond donors (Lipinski definition) is 3. The summed E-state index contributed by atoms with van der Waals surface area (Å²) in [5.74, 6) is -0.255. The Bertz CT molecular complexity index is 1500. The fraction of sp³-hybridized carbons (Fsp3) is 0.269. The third-order valence-corrected chi connectivity index (χ3v) is 9.18. The van der Waals surface area contributed by atoms with Gasteiger partial charge in [-0.1, -0.05) is 31.2 Å². The molecule has 1 atom stereocenters. The molecule has 5 N–H and O–H groups in total. The van der Waals surface area contributed by atoms with Crippen LogP contribution in [0.25, 0.3) is 21.3 Å². The van der Waals surface area contributed by atoms with Crippen LogP contribution in [-0.2, 0) is 25.7 Å². The number of primary amides is 1. The molecule has 3 heterocycles. The van der Waals surface area contributed by atoms with Crippen molar-refractivity contribution in [2.75, 3.05) is 11.1 Å². The third-order valence-electron chi connectivity index (χ3n) is 6.90. The van der Waals surface area contributed by atoms with Crippen molar-refractivity contribution in [3.05, 3.63) is 62.5 Å². The van der Waals surface area contributed by atoms with Crippen molar-refractivity contribution in [3.8, 4) is 11.1 Å². The number of aryl methyl sites for hydroxylation is 3. The van der Waals surface area contributed by atoms with E-state index in [1.165, 1.54) is 33.8 Å². The van der Waals surface area contributed by atoms with Crippen LogP contribution in [0.15, 0.2) is 30.3 Å². The highest BCUT2D eigenvalue weighted by Gasteiger charge is 2.29. The Kier molecular flexibility index (Phi) is 4.97. The second kappa shape index (κ2) is 7.92. The Morgan fingerprint density at radius 1 is 1.12 bits per heavy atom. The largest absolute Gasteiger partial charge is 0.397 e. The van der Waals surface area contributed by atoms with Gasteiger partial charge < -0.3 is 16.8 Å². The van der Waals surface area contributed by atoms with Gasteiger partial charge in [0.15, 0.2) is 0 Å². The van der Waals surface area contributed by atoms with Crippen LogP contribution in [0.1, 0.15) is 55.1 Å². The quantitative estimate of drug-likeness (QED) is 0.369. The molecule has 0 aliphatic heterocycles. The summed E-state index contributed by atoms with van der Waals surface area (Å²) in [5.41, 5.74) is 18.5. The van der Waals surface area contributed by atoms with Crippen LogP contribution in [-0.4, -0.2) is 16.8 Å². The summed E-state index contributed by atoms with van der Waals surface area (Å²) in [5, 5.41) is 4.27. The van der Waals surface area contributed by atoms with Crippen molar-refractivity contribution >= 4 is 55.4 Å². The van der Waals surface area contributed by atoms with Gasteiger partial charge in [-0.3, -0.25) is 9.59 Å². The fourth-order valence-electron chi connectivity index (χ4n) is 5.19. The van der Waals surface area contributed by atoms with Crippen molar-refractivity contribution < 1.29 is 9.59 Å². The van der Waals surface area contributed by atoms with Gasteiger partial charge in [-0.2, -0.15) is 0 Å². The number of pyridine rings is 1. The molecule has 172 valence electrons. The highest BCUT2D eigenvalue weighted by atomic mass is 32.1. The van der Waals surface area contributed by atoms with E-state index in [1.807, 2.05) is 18.2 Å². The number of hydrogen-bond acceptors (Lipinski definition) is 6. The number of nitrogens with one attached hydrogen (secondary N) is 1. The number of nitrogen functional groups attached to an aromatic ring is 1. The van der Waals surface area contributed by atoms with Gasteiger partial charge in [-0.15, -0.1) is 22.7 Å². The maximum absolute atomic E-state index is 13.4. The summed E-state index contributed by atoms with van der Waals surface area (Å²) in [4.78, 5) is 33.0. The molecule has 2 aliphatic carbocycles. The lowest BCUT2D eigenvalue weighted by atomic mass is 9.87. The molecule has 0 spiro atoms. The van der Waals surface area contributed by atoms with Crippen molar-refractivity contribution in [3.63, 3.8) is 0 Å². The number of anilines is 2. The molecule has 0 saturated heterocycles. The highest BCUT2D eigenvalue weighted by Crippen LogP contribution is 2.45. The van der Waals surface area contributed by atoms with E-state index < -0.39 is 5.91 Å². The molecule has 2 amide bonds. The number of fused-ring (bicyclic) bond motifs is 5. The Balaban J connectivity index is 1.39. The average Bonchev–Trinajstić information content (AvgIpc) is 3.35. The predicted molar refractivity (Wildman–Crippen MR) is 139 cm³/mol. The van der Waals surface area contributed by atoms with Crippen LogP contribution in [0.2, 0.25) is 0 Å². The van der Waals surface area contributed by atoms with Crippen molar-refractivity contribution in [2.24, 2.45) is 11.7 Å². The summed E-state index contributed by atoms with van der Waals surface area (Å²) in [6.07, 6.45) is 4.77. The lowest BCUT2D eigenvalue weighted by Gasteiger charge is -2.20.